The van der Waals surface area contributed by atoms with Gasteiger partial charge < -0.3 is 15.3 Å². The van der Waals surface area contributed by atoms with Crippen molar-refractivity contribution in [2.75, 3.05) is 18.5 Å². The molecule has 20 heavy (non-hydrogen) atoms. The summed E-state index contributed by atoms with van der Waals surface area (Å²) in [4.78, 5) is 13.7. The molecule has 1 aromatic rings. The summed E-state index contributed by atoms with van der Waals surface area (Å²) in [5, 5.41) is 11.9. The number of nitrogens with one attached hydrogen (secondary N) is 1. The van der Waals surface area contributed by atoms with E-state index in [1.807, 2.05) is 6.92 Å². The molecule has 1 aliphatic rings. The summed E-state index contributed by atoms with van der Waals surface area (Å²) in [5.74, 6) is -1.29. The largest absolute Gasteiger partial charge is 0.394 e. The van der Waals surface area contributed by atoms with Crippen LogP contribution in [0.1, 0.15) is 19.8 Å². The van der Waals surface area contributed by atoms with E-state index in [1.165, 1.54) is 4.90 Å². The number of hydrogen-bond acceptors (Lipinski definition) is 2. The number of benzene rings is 1. The molecule has 0 radical (unpaired) electrons. The zero-order valence-electron chi connectivity index (χ0n) is 11.3. The second-order valence-corrected chi connectivity index (χ2v) is 5.15. The molecule has 2 unspecified atom stereocenters. The highest BCUT2D eigenvalue weighted by Gasteiger charge is 2.31. The molecule has 2 N–H and O–H groups in total. The molecule has 1 saturated heterocycles. The predicted octanol–water partition coefficient (Wildman–Crippen LogP) is 2.59. The number of piperidine rings is 1. The molecule has 0 bridgehead atoms. The normalized spacial score (nSPS) is 22.7. The Hall–Kier alpha value is -1.69. The maximum Gasteiger partial charge on any atom is 0.322 e. The Morgan fingerprint density at radius 2 is 2.05 bits per heavy atom. The van der Waals surface area contributed by atoms with Crippen molar-refractivity contribution >= 4 is 11.7 Å². The number of likely N-dealkylation sites (tertiary alicyclic amines) is 1. The third-order valence-electron chi connectivity index (χ3n) is 3.68. The van der Waals surface area contributed by atoms with Crippen LogP contribution in [0.15, 0.2) is 18.2 Å². The van der Waals surface area contributed by atoms with Gasteiger partial charge in [0.1, 0.15) is 11.6 Å². The van der Waals surface area contributed by atoms with Crippen molar-refractivity contribution in [3.05, 3.63) is 29.8 Å². The molecule has 2 amide bonds. The molecular formula is C14H18F2N2O2. The lowest BCUT2D eigenvalue weighted by molar-refractivity contribution is 0.0811. The smallest absolute Gasteiger partial charge is 0.322 e. The summed E-state index contributed by atoms with van der Waals surface area (Å²) in [6, 6.07) is 2.16. The number of aliphatic hydroxyl groups is 1. The number of anilines is 1. The molecule has 0 spiro atoms. The Labute approximate surface area is 116 Å². The standard InChI is InChI=1S/C14H18F2N2O2/c1-9-3-2-4-18(13(9)8-19)14(20)17-12-6-10(15)5-11(16)7-12/h5-7,9,13,19H,2-4,8H2,1H3,(H,17,20). The molecule has 0 aliphatic carbocycles. The van der Waals surface area contributed by atoms with Crippen molar-refractivity contribution in [3.63, 3.8) is 0 Å². The molecular weight excluding hydrogens is 266 g/mol. The van der Waals surface area contributed by atoms with Crippen LogP contribution in [0.2, 0.25) is 0 Å². The molecule has 0 aromatic heterocycles. The molecule has 1 fully saturated rings. The average molecular weight is 284 g/mol. The number of aliphatic hydroxyl groups excluding tert-OH is 1. The highest BCUT2D eigenvalue weighted by Crippen LogP contribution is 2.24. The molecule has 1 aromatic carbocycles. The van der Waals surface area contributed by atoms with Gasteiger partial charge in [-0.15, -0.1) is 0 Å². The first kappa shape index (κ1) is 14.7. The van der Waals surface area contributed by atoms with E-state index in [2.05, 4.69) is 5.32 Å². The van der Waals surface area contributed by atoms with Gasteiger partial charge in [0.25, 0.3) is 0 Å². The van der Waals surface area contributed by atoms with Crippen LogP contribution in [0.5, 0.6) is 0 Å². The lowest BCUT2D eigenvalue weighted by atomic mass is 9.91. The van der Waals surface area contributed by atoms with E-state index in [4.69, 9.17) is 0 Å². The van der Waals surface area contributed by atoms with Gasteiger partial charge in [0.2, 0.25) is 0 Å². The molecule has 0 saturated carbocycles. The number of nitrogens with zero attached hydrogens (tertiary/aromatic N) is 1. The SMILES string of the molecule is CC1CCCN(C(=O)Nc2cc(F)cc(F)c2)C1CO. The van der Waals surface area contributed by atoms with Gasteiger partial charge in [-0.05, 0) is 30.9 Å². The number of carbonyl (C=O) groups is 1. The van der Waals surface area contributed by atoms with Crippen LogP contribution in [0.4, 0.5) is 19.3 Å². The number of halogens is 2. The maximum atomic E-state index is 13.1. The lowest BCUT2D eigenvalue weighted by Crippen LogP contribution is -2.51. The maximum absolute atomic E-state index is 13.1. The van der Waals surface area contributed by atoms with E-state index in [1.54, 1.807) is 0 Å². The summed E-state index contributed by atoms with van der Waals surface area (Å²) in [7, 11) is 0. The fourth-order valence-corrected chi connectivity index (χ4v) is 2.60. The fraction of sp³-hybridized carbons (Fsp3) is 0.500. The second kappa shape index (κ2) is 6.17. The first-order valence-electron chi connectivity index (χ1n) is 6.66. The van der Waals surface area contributed by atoms with E-state index in [0.717, 1.165) is 31.0 Å². The van der Waals surface area contributed by atoms with Crippen molar-refractivity contribution in [3.8, 4) is 0 Å². The average Bonchev–Trinajstić information content (AvgIpc) is 2.37. The van der Waals surface area contributed by atoms with Crippen LogP contribution in [-0.4, -0.2) is 35.2 Å². The van der Waals surface area contributed by atoms with E-state index < -0.39 is 17.7 Å². The number of hydrogen-bond donors (Lipinski definition) is 2. The molecule has 110 valence electrons. The van der Waals surface area contributed by atoms with E-state index in [-0.39, 0.29) is 24.3 Å². The minimum atomic E-state index is -0.744. The quantitative estimate of drug-likeness (QED) is 0.877. The Kier molecular flexibility index (Phi) is 4.54. The highest BCUT2D eigenvalue weighted by atomic mass is 19.1. The van der Waals surface area contributed by atoms with Gasteiger partial charge in [0.15, 0.2) is 0 Å². The summed E-state index contributed by atoms with van der Waals surface area (Å²) in [6.07, 6.45) is 1.80. The Morgan fingerprint density at radius 3 is 2.65 bits per heavy atom. The minimum Gasteiger partial charge on any atom is -0.394 e. The van der Waals surface area contributed by atoms with E-state index in [0.29, 0.717) is 6.54 Å². The second-order valence-electron chi connectivity index (χ2n) is 5.15. The van der Waals surface area contributed by atoms with Crippen molar-refractivity contribution in [2.24, 2.45) is 5.92 Å². The van der Waals surface area contributed by atoms with Crippen molar-refractivity contribution < 1.29 is 18.7 Å². The number of rotatable bonds is 2. The molecule has 6 heteroatoms. The van der Waals surface area contributed by atoms with Crippen LogP contribution in [0.25, 0.3) is 0 Å². The van der Waals surface area contributed by atoms with Gasteiger partial charge in [-0.3, -0.25) is 0 Å². The van der Waals surface area contributed by atoms with Gasteiger partial charge in [-0.2, -0.15) is 0 Å². The van der Waals surface area contributed by atoms with E-state index in [9.17, 15) is 18.7 Å². The molecule has 4 nitrogen and oxygen atoms in total. The van der Waals surface area contributed by atoms with Gasteiger partial charge in [0.05, 0.1) is 12.6 Å². The summed E-state index contributed by atoms with van der Waals surface area (Å²) in [5.41, 5.74) is 0.0717. The number of carbonyl (C=O) groups excluding carboxylic acids is 1. The minimum absolute atomic E-state index is 0.0717. The summed E-state index contributed by atoms with van der Waals surface area (Å²) in [6.45, 7) is 2.38. The Balaban J connectivity index is 2.10. The number of amides is 2. The van der Waals surface area contributed by atoms with E-state index >= 15 is 0 Å². The van der Waals surface area contributed by atoms with Gasteiger partial charge >= 0.3 is 6.03 Å². The van der Waals surface area contributed by atoms with Gasteiger partial charge in [-0.25, -0.2) is 13.6 Å². The monoisotopic (exact) mass is 284 g/mol. The zero-order chi connectivity index (χ0) is 14.7. The molecule has 2 rings (SSSR count). The summed E-state index contributed by atoms with van der Waals surface area (Å²) >= 11 is 0. The van der Waals surface area contributed by atoms with Gasteiger partial charge in [-0.1, -0.05) is 6.92 Å². The first-order chi connectivity index (χ1) is 9.51. The molecule has 1 heterocycles. The highest BCUT2D eigenvalue weighted by molar-refractivity contribution is 5.89. The Bertz CT molecular complexity index is 476. The van der Waals surface area contributed by atoms with Crippen molar-refractivity contribution in [1.82, 2.24) is 4.90 Å². The van der Waals surface area contributed by atoms with Crippen molar-refractivity contribution in [2.45, 2.75) is 25.8 Å². The van der Waals surface area contributed by atoms with Crippen LogP contribution in [-0.2, 0) is 0 Å². The first-order valence-corrected chi connectivity index (χ1v) is 6.66. The van der Waals surface area contributed by atoms with Crippen LogP contribution in [0.3, 0.4) is 0 Å². The predicted molar refractivity (Wildman–Crippen MR) is 71.4 cm³/mol. The van der Waals surface area contributed by atoms with Crippen LogP contribution in [0, 0.1) is 17.6 Å². The molecule has 2 atom stereocenters. The zero-order valence-corrected chi connectivity index (χ0v) is 11.3. The van der Waals surface area contributed by atoms with Crippen LogP contribution >= 0.6 is 0 Å². The van der Waals surface area contributed by atoms with Crippen molar-refractivity contribution in [1.29, 1.82) is 0 Å². The lowest BCUT2D eigenvalue weighted by Gasteiger charge is -2.38. The summed E-state index contributed by atoms with van der Waals surface area (Å²) < 4.78 is 26.2. The third-order valence-corrected chi connectivity index (χ3v) is 3.68. The molecule has 1 aliphatic heterocycles. The Morgan fingerprint density at radius 1 is 1.40 bits per heavy atom. The van der Waals surface area contributed by atoms with Crippen LogP contribution < -0.4 is 5.32 Å². The topological polar surface area (TPSA) is 52.6 Å². The fourth-order valence-electron chi connectivity index (χ4n) is 2.60. The number of urea groups is 1. The third kappa shape index (κ3) is 3.25. The van der Waals surface area contributed by atoms with Gasteiger partial charge in [0, 0.05) is 18.3 Å².